The van der Waals surface area contributed by atoms with Crippen LogP contribution >= 0.6 is 23.2 Å². The molecule has 0 aliphatic heterocycles. The monoisotopic (exact) mass is 295 g/mol. The van der Waals surface area contributed by atoms with Gasteiger partial charge in [0.2, 0.25) is 5.88 Å². The van der Waals surface area contributed by atoms with Gasteiger partial charge in [0.25, 0.3) is 0 Å². The van der Waals surface area contributed by atoms with Gasteiger partial charge in [-0.3, -0.25) is 5.41 Å². The molecular formula is C13H11Cl2N3O. The summed E-state index contributed by atoms with van der Waals surface area (Å²) in [5, 5.41) is 8.40. The molecule has 0 spiro atoms. The second kappa shape index (κ2) is 5.91. The van der Waals surface area contributed by atoms with Crippen LogP contribution in [-0.2, 0) is 6.61 Å². The number of aromatic nitrogens is 1. The fourth-order valence-corrected chi connectivity index (χ4v) is 1.81. The summed E-state index contributed by atoms with van der Waals surface area (Å²) in [6, 6.07) is 8.61. The van der Waals surface area contributed by atoms with E-state index in [0.29, 0.717) is 21.5 Å². The van der Waals surface area contributed by atoms with Crippen molar-refractivity contribution in [3.63, 3.8) is 0 Å². The van der Waals surface area contributed by atoms with Crippen LogP contribution in [0.15, 0.2) is 36.5 Å². The van der Waals surface area contributed by atoms with Gasteiger partial charge in [-0.15, -0.1) is 0 Å². The zero-order valence-electron chi connectivity index (χ0n) is 9.86. The number of nitrogens with one attached hydrogen (secondary N) is 1. The molecular weight excluding hydrogens is 285 g/mol. The van der Waals surface area contributed by atoms with Gasteiger partial charge in [0.15, 0.2) is 0 Å². The van der Waals surface area contributed by atoms with Crippen LogP contribution in [0.25, 0.3) is 0 Å². The minimum absolute atomic E-state index is 0.0859. The Morgan fingerprint density at radius 2 is 2.05 bits per heavy atom. The first kappa shape index (κ1) is 13.6. The summed E-state index contributed by atoms with van der Waals surface area (Å²) in [5.41, 5.74) is 6.77. The van der Waals surface area contributed by atoms with E-state index in [1.54, 1.807) is 30.5 Å². The van der Waals surface area contributed by atoms with Gasteiger partial charge in [-0.1, -0.05) is 29.3 Å². The summed E-state index contributed by atoms with van der Waals surface area (Å²) < 4.78 is 5.55. The van der Waals surface area contributed by atoms with Crippen molar-refractivity contribution in [2.24, 2.45) is 5.73 Å². The quantitative estimate of drug-likeness (QED) is 0.672. The van der Waals surface area contributed by atoms with Crippen LogP contribution in [0.5, 0.6) is 5.88 Å². The number of rotatable bonds is 4. The summed E-state index contributed by atoms with van der Waals surface area (Å²) in [7, 11) is 0. The average molecular weight is 296 g/mol. The van der Waals surface area contributed by atoms with Crippen molar-refractivity contribution < 1.29 is 4.74 Å². The number of hydrogen-bond donors (Lipinski definition) is 2. The summed E-state index contributed by atoms with van der Waals surface area (Å²) in [6.45, 7) is 0.272. The molecule has 2 aromatic rings. The first-order valence-electron chi connectivity index (χ1n) is 5.44. The van der Waals surface area contributed by atoms with E-state index in [-0.39, 0.29) is 12.4 Å². The van der Waals surface area contributed by atoms with Crippen LogP contribution in [-0.4, -0.2) is 10.8 Å². The zero-order valence-corrected chi connectivity index (χ0v) is 11.4. The van der Waals surface area contributed by atoms with Gasteiger partial charge < -0.3 is 10.5 Å². The molecule has 0 bridgehead atoms. The summed E-state index contributed by atoms with van der Waals surface area (Å²) in [4.78, 5) is 4.05. The smallest absolute Gasteiger partial charge is 0.224 e. The Balaban J connectivity index is 2.14. The third-order valence-corrected chi connectivity index (χ3v) is 3.16. The van der Waals surface area contributed by atoms with Crippen LogP contribution in [0.4, 0.5) is 0 Å². The Labute approximate surface area is 120 Å². The lowest BCUT2D eigenvalue weighted by molar-refractivity contribution is 0.293. The Hall–Kier alpha value is -1.78. The number of benzene rings is 1. The molecule has 6 heteroatoms. The maximum absolute atomic E-state index is 7.44. The van der Waals surface area contributed by atoms with Crippen molar-refractivity contribution in [1.82, 2.24) is 4.98 Å². The van der Waals surface area contributed by atoms with Crippen LogP contribution < -0.4 is 10.5 Å². The molecule has 0 unspecified atom stereocenters. The van der Waals surface area contributed by atoms with E-state index in [4.69, 9.17) is 39.1 Å². The SMILES string of the molecule is N=C(N)c1cccnc1OCc1ccc(Cl)c(Cl)c1. The lowest BCUT2D eigenvalue weighted by Gasteiger charge is -2.09. The predicted molar refractivity (Wildman–Crippen MR) is 76.0 cm³/mol. The van der Waals surface area contributed by atoms with Crippen molar-refractivity contribution >= 4 is 29.0 Å². The molecule has 19 heavy (non-hydrogen) atoms. The molecule has 0 atom stereocenters. The van der Waals surface area contributed by atoms with Crippen LogP contribution in [0.2, 0.25) is 10.0 Å². The lowest BCUT2D eigenvalue weighted by atomic mass is 10.2. The Kier molecular flexibility index (Phi) is 4.24. The van der Waals surface area contributed by atoms with Crippen LogP contribution in [0.1, 0.15) is 11.1 Å². The van der Waals surface area contributed by atoms with Gasteiger partial charge in [-0.05, 0) is 29.8 Å². The van der Waals surface area contributed by atoms with Gasteiger partial charge >= 0.3 is 0 Å². The van der Waals surface area contributed by atoms with E-state index in [0.717, 1.165) is 5.56 Å². The molecule has 98 valence electrons. The van der Waals surface area contributed by atoms with Gasteiger partial charge in [0.1, 0.15) is 12.4 Å². The van der Waals surface area contributed by atoms with Crippen molar-refractivity contribution in [3.05, 3.63) is 57.7 Å². The molecule has 0 saturated carbocycles. The summed E-state index contributed by atoms with van der Waals surface area (Å²) in [5.74, 6) is 0.235. The summed E-state index contributed by atoms with van der Waals surface area (Å²) >= 11 is 11.8. The van der Waals surface area contributed by atoms with Crippen molar-refractivity contribution in [3.8, 4) is 5.88 Å². The Bertz CT molecular complexity index is 617. The molecule has 3 N–H and O–H groups in total. The highest BCUT2D eigenvalue weighted by atomic mass is 35.5. The molecule has 0 saturated heterocycles. The highest BCUT2D eigenvalue weighted by Crippen LogP contribution is 2.23. The molecule has 1 aromatic carbocycles. The number of halogens is 2. The minimum atomic E-state index is -0.0859. The van der Waals surface area contributed by atoms with Gasteiger partial charge in [0.05, 0.1) is 15.6 Å². The fourth-order valence-electron chi connectivity index (χ4n) is 1.49. The molecule has 0 aliphatic rings. The fraction of sp³-hybridized carbons (Fsp3) is 0.0769. The van der Waals surface area contributed by atoms with Crippen LogP contribution in [0.3, 0.4) is 0 Å². The van der Waals surface area contributed by atoms with Gasteiger partial charge in [-0.2, -0.15) is 0 Å². The maximum atomic E-state index is 7.44. The lowest BCUT2D eigenvalue weighted by Crippen LogP contribution is -2.13. The zero-order chi connectivity index (χ0) is 13.8. The third kappa shape index (κ3) is 3.36. The third-order valence-electron chi connectivity index (χ3n) is 2.42. The number of nitrogens with zero attached hydrogens (tertiary/aromatic N) is 1. The first-order valence-corrected chi connectivity index (χ1v) is 6.19. The highest BCUT2D eigenvalue weighted by Gasteiger charge is 2.08. The number of hydrogen-bond acceptors (Lipinski definition) is 3. The molecule has 0 fully saturated rings. The first-order chi connectivity index (χ1) is 9.08. The van der Waals surface area contributed by atoms with E-state index in [2.05, 4.69) is 4.98 Å². The average Bonchev–Trinajstić information content (AvgIpc) is 2.40. The van der Waals surface area contributed by atoms with Crippen LogP contribution in [0, 0.1) is 5.41 Å². The van der Waals surface area contributed by atoms with E-state index >= 15 is 0 Å². The molecule has 0 radical (unpaired) electrons. The molecule has 2 rings (SSSR count). The molecule has 1 aromatic heterocycles. The Morgan fingerprint density at radius 1 is 1.26 bits per heavy atom. The van der Waals surface area contributed by atoms with E-state index in [9.17, 15) is 0 Å². The summed E-state index contributed by atoms with van der Waals surface area (Å²) in [6.07, 6.45) is 1.58. The number of pyridine rings is 1. The van der Waals surface area contributed by atoms with Gasteiger partial charge in [0, 0.05) is 6.20 Å². The van der Waals surface area contributed by atoms with Crippen molar-refractivity contribution in [1.29, 1.82) is 5.41 Å². The van der Waals surface area contributed by atoms with E-state index in [1.165, 1.54) is 0 Å². The van der Waals surface area contributed by atoms with Gasteiger partial charge in [-0.25, -0.2) is 4.98 Å². The molecule has 4 nitrogen and oxygen atoms in total. The standard InChI is InChI=1S/C13H11Cl2N3O/c14-10-4-3-8(6-11(10)15)7-19-13-9(12(16)17)2-1-5-18-13/h1-6H,7H2,(H3,16,17). The molecule has 0 aliphatic carbocycles. The second-order valence-corrected chi connectivity index (χ2v) is 4.62. The molecule has 0 amide bonds. The van der Waals surface area contributed by atoms with E-state index < -0.39 is 0 Å². The predicted octanol–water partition coefficient (Wildman–Crippen LogP) is 3.25. The highest BCUT2D eigenvalue weighted by molar-refractivity contribution is 6.42. The minimum Gasteiger partial charge on any atom is -0.472 e. The number of amidine groups is 1. The van der Waals surface area contributed by atoms with E-state index in [1.807, 2.05) is 6.07 Å². The molecule has 1 heterocycles. The largest absolute Gasteiger partial charge is 0.472 e. The number of nitrogen functional groups attached to an aromatic ring is 1. The normalized spacial score (nSPS) is 10.2. The van der Waals surface area contributed by atoms with Crippen molar-refractivity contribution in [2.75, 3.05) is 0 Å². The second-order valence-electron chi connectivity index (χ2n) is 3.81. The Morgan fingerprint density at radius 3 is 2.74 bits per heavy atom. The number of nitrogens with two attached hydrogens (primary N) is 1. The maximum Gasteiger partial charge on any atom is 0.224 e. The number of ether oxygens (including phenoxy) is 1. The van der Waals surface area contributed by atoms with Crippen molar-refractivity contribution in [2.45, 2.75) is 6.61 Å². The topological polar surface area (TPSA) is 72.0 Å².